The Morgan fingerprint density at radius 3 is 2.50 bits per heavy atom. The summed E-state index contributed by atoms with van der Waals surface area (Å²) in [6.45, 7) is 2.09. The first-order valence-electron chi connectivity index (χ1n) is 6.18. The molecule has 0 radical (unpaired) electrons. The molecule has 0 amide bonds. The number of anilines is 1. The van der Waals surface area contributed by atoms with Gasteiger partial charge < -0.3 is 5.32 Å². The van der Waals surface area contributed by atoms with Crippen molar-refractivity contribution in [3.8, 4) is 0 Å². The van der Waals surface area contributed by atoms with Gasteiger partial charge >= 0.3 is 0 Å². The van der Waals surface area contributed by atoms with Crippen LogP contribution in [0.25, 0.3) is 0 Å². The van der Waals surface area contributed by atoms with Crippen molar-refractivity contribution < 1.29 is 0 Å². The third kappa shape index (κ3) is 2.27. The molecule has 1 aliphatic rings. The van der Waals surface area contributed by atoms with E-state index in [1.54, 1.807) is 0 Å². The van der Waals surface area contributed by atoms with Gasteiger partial charge in [-0.15, -0.1) is 0 Å². The number of aryl methyl sites for hydroxylation is 1. The highest BCUT2D eigenvalue weighted by atomic mass is 79.9. The first kappa shape index (κ1) is 11.7. The summed E-state index contributed by atoms with van der Waals surface area (Å²) in [6.07, 6.45) is 4.03. The molecule has 0 spiro atoms. The molecule has 0 atom stereocenters. The SMILES string of the molecule is Cc1cc(Br)cnc1NC1Cc2ccccc2C1. The fourth-order valence-electron chi connectivity index (χ4n) is 2.55. The van der Waals surface area contributed by atoms with Crippen molar-refractivity contribution in [1.29, 1.82) is 0 Å². The molecular formula is C15H15BrN2. The third-order valence-electron chi connectivity index (χ3n) is 3.44. The number of hydrogen-bond acceptors (Lipinski definition) is 2. The van der Waals surface area contributed by atoms with E-state index in [1.165, 1.54) is 16.7 Å². The van der Waals surface area contributed by atoms with E-state index in [0.29, 0.717) is 6.04 Å². The molecule has 0 saturated heterocycles. The Balaban J connectivity index is 1.76. The maximum Gasteiger partial charge on any atom is 0.129 e. The Morgan fingerprint density at radius 2 is 1.89 bits per heavy atom. The monoisotopic (exact) mass is 302 g/mol. The summed E-state index contributed by atoms with van der Waals surface area (Å²) in [6, 6.07) is 11.2. The minimum absolute atomic E-state index is 0.467. The zero-order valence-corrected chi connectivity index (χ0v) is 11.9. The average molecular weight is 303 g/mol. The van der Waals surface area contributed by atoms with Crippen LogP contribution in [0, 0.1) is 6.92 Å². The summed E-state index contributed by atoms with van der Waals surface area (Å²) in [7, 11) is 0. The minimum Gasteiger partial charge on any atom is -0.366 e. The molecule has 1 aromatic heterocycles. The number of halogens is 1. The number of aromatic nitrogens is 1. The van der Waals surface area contributed by atoms with Crippen LogP contribution in [-0.2, 0) is 12.8 Å². The van der Waals surface area contributed by atoms with Gasteiger partial charge in [-0.25, -0.2) is 4.98 Å². The van der Waals surface area contributed by atoms with Crippen LogP contribution in [0.15, 0.2) is 41.0 Å². The van der Waals surface area contributed by atoms with Gasteiger partial charge in [-0.2, -0.15) is 0 Å². The highest BCUT2D eigenvalue weighted by molar-refractivity contribution is 9.10. The lowest BCUT2D eigenvalue weighted by Crippen LogP contribution is -2.20. The Morgan fingerprint density at radius 1 is 1.22 bits per heavy atom. The van der Waals surface area contributed by atoms with Gasteiger partial charge in [0.05, 0.1) is 0 Å². The van der Waals surface area contributed by atoms with Crippen molar-refractivity contribution in [3.05, 3.63) is 57.7 Å². The molecule has 3 rings (SSSR count). The van der Waals surface area contributed by atoms with E-state index in [-0.39, 0.29) is 0 Å². The lowest BCUT2D eigenvalue weighted by molar-refractivity contribution is 0.767. The van der Waals surface area contributed by atoms with Crippen LogP contribution in [0.3, 0.4) is 0 Å². The van der Waals surface area contributed by atoms with Crippen molar-refractivity contribution in [1.82, 2.24) is 4.98 Å². The molecular weight excluding hydrogens is 288 g/mol. The fraction of sp³-hybridized carbons (Fsp3) is 0.267. The van der Waals surface area contributed by atoms with Gasteiger partial charge in [0.1, 0.15) is 5.82 Å². The first-order chi connectivity index (χ1) is 8.72. The summed E-state index contributed by atoms with van der Waals surface area (Å²) < 4.78 is 1.03. The van der Waals surface area contributed by atoms with Gasteiger partial charge in [-0.1, -0.05) is 24.3 Å². The van der Waals surface area contributed by atoms with Crippen LogP contribution >= 0.6 is 15.9 Å². The fourth-order valence-corrected chi connectivity index (χ4v) is 2.99. The highest BCUT2D eigenvalue weighted by Crippen LogP contribution is 2.25. The standard InChI is InChI=1S/C15H15BrN2/c1-10-6-13(16)9-17-15(10)18-14-7-11-4-2-3-5-12(11)8-14/h2-6,9,14H,7-8H2,1H3,(H,17,18). The molecule has 1 aromatic carbocycles. The maximum absolute atomic E-state index is 4.45. The quantitative estimate of drug-likeness (QED) is 0.914. The Bertz CT molecular complexity index is 555. The van der Waals surface area contributed by atoms with Gasteiger partial charge in [0, 0.05) is 16.7 Å². The van der Waals surface area contributed by atoms with Gasteiger partial charge in [-0.05, 0) is 58.5 Å². The van der Waals surface area contributed by atoms with E-state index in [1.807, 2.05) is 6.20 Å². The van der Waals surface area contributed by atoms with Crippen molar-refractivity contribution >= 4 is 21.7 Å². The van der Waals surface area contributed by atoms with Crippen molar-refractivity contribution in [2.45, 2.75) is 25.8 Å². The molecule has 18 heavy (non-hydrogen) atoms. The zero-order valence-electron chi connectivity index (χ0n) is 10.3. The molecule has 1 N–H and O–H groups in total. The Kier molecular flexibility index (Phi) is 3.08. The predicted octanol–water partition coefficient (Wildman–Crippen LogP) is 3.73. The summed E-state index contributed by atoms with van der Waals surface area (Å²) in [5, 5.41) is 3.55. The van der Waals surface area contributed by atoms with E-state index in [9.17, 15) is 0 Å². The first-order valence-corrected chi connectivity index (χ1v) is 6.97. The van der Waals surface area contributed by atoms with Crippen molar-refractivity contribution in [2.75, 3.05) is 5.32 Å². The summed E-state index contributed by atoms with van der Waals surface area (Å²) in [5.41, 5.74) is 4.11. The van der Waals surface area contributed by atoms with E-state index in [4.69, 9.17) is 0 Å². The Labute approximate surface area is 116 Å². The Hall–Kier alpha value is -1.35. The molecule has 1 heterocycles. The van der Waals surface area contributed by atoms with Crippen LogP contribution in [0.2, 0.25) is 0 Å². The molecule has 2 aromatic rings. The van der Waals surface area contributed by atoms with Crippen molar-refractivity contribution in [2.24, 2.45) is 0 Å². The number of pyridine rings is 1. The smallest absolute Gasteiger partial charge is 0.129 e. The van der Waals surface area contributed by atoms with E-state index in [0.717, 1.165) is 23.1 Å². The second kappa shape index (κ2) is 4.73. The number of rotatable bonds is 2. The zero-order chi connectivity index (χ0) is 12.5. The van der Waals surface area contributed by atoms with Crippen LogP contribution in [0.5, 0.6) is 0 Å². The van der Waals surface area contributed by atoms with Gasteiger partial charge in [0.2, 0.25) is 0 Å². The molecule has 2 nitrogen and oxygen atoms in total. The lowest BCUT2D eigenvalue weighted by Gasteiger charge is -2.14. The van der Waals surface area contributed by atoms with E-state index < -0.39 is 0 Å². The summed E-state index contributed by atoms with van der Waals surface area (Å²) >= 11 is 3.44. The van der Waals surface area contributed by atoms with Crippen LogP contribution in [0.4, 0.5) is 5.82 Å². The van der Waals surface area contributed by atoms with Crippen LogP contribution in [-0.4, -0.2) is 11.0 Å². The van der Waals surface area contributed by atoms with Gasteiger partial charge in [0.15, 0.2) is 0 Å². The van der Waals surface area contributed by atoms with Gasteiger partial charge in [0.25, 0.3) is 0 Å². The molecule has 0 bridgehead atoms. The molecule has 3 heteroatoms. The molecule has 0 aliphatic heterocycles. The maximum atomic E-state index is 4.45. The molecule has 92 valence electrons. The van der Waals surface area contributed by atoms with Crippen LogP contribution < -0.4 is 5.32 Å². The lowest BCUT2D eigenvalue weighted by atomic mass is 10.1. The van der Waals surface area contributed by atoms with E-state index in [2.05, 4.69) is 63.5 Å². The highest BCUT2D eigenvalue weighted by Gasteiger charge is 2.21. The minimum atomic E-state index is 0.467. The topological polar surface area (TPSA) is 24.9 Å². The molecule has 0 fully saturated rings. The van der Waals surface area contributed by atoms with Gasteiger partial charge in [-0.3, -0.25) is 0 Å². The molecule has 0 unspecified atom stereocenters. The predicted molar refractivity (Wildman–Crippen MR) is 77.9 cm³/mol. The normalized spacial score (nSPS) is 14.6. The molecule has 1 aliphatic carbocycles. The number of hydrogen-bond donors (Lipinski definition) is 1. The van der Waals surface area contributed by atoms with E-state index >= 15 is 0 Å². The van der Waals surface area contributed by atoms with Crippen LogP contribution in [0.1, 0.15) is 16.7 Å². The second-order valence-corrected chi connectivity index (χ2v) is 5.75. The average Bonchev–Trinajstić information content (AvgIpc) is 2.75. The third-order valence-corrected chi connectivity index (χ3v) is 3.87. The summed E-state index contributed by atoms with van der Waals surface area (Å²) in [5.74, 6) is 0.996. The number of nitrogens with one attached hydrogen (secondary N) is 1. The summed E-state index contributed by atoms with van der Waals surface area (Å²) in [4.78, 5) is 4.45. The number of nitrogens with zero attached hydrogens (tertiary/aromatic N) is 1. The number of fused-ring (bicyclic) bond motifs is 1. The molecule has 0 saturated carbocycles. The number of benzene rings is 1. The second-order valence-electron chi connectivity index (χ2n) is 4.84. The van der Waals surface area contributed by atoms with Crippen molar-refractivity contribution in [3.63, 3.8) is 0 Å². The largest absolute Gasteiger partial charge is 0.366 e.